The van der Waals surface area contributed by atoms with Crippen molar-refractivity contribution in [3.63, 3.8) is 0 Å². The molecule has 0 aliphatic rings. The van der Waals surface area contributed by atoms with E-state index < -0.39 is 115 Å². The van der Waals surface area contributed by atoms with E-state index in [0.717, 1.165) is 6.92 Å². The smallest absolute Gasteiger partial charge is 0.328 e. The number of hydrogen-bond donors (Lipinski definition) is 12. The molecule has 1 aromatic carbocycles. The molecule has 56 heavy (non-hydrogen) atoms. The van der Waals surface area contributed by atoms with Crippen LogP contribution in [0.3, 0.4) is 0 Å². The number of hydrogen-bond acceptors (Lipinski definition) is 12. The van der Waals surface area contributed by atoms with Gasteiger partial charge in [0.1, 0.15) is 30.2 Å². The maximum absolute atomic E-state index is 14.1. The average molecular weight is 790 g/mol. The van der Waals surface area contributed by atoms with Crippen LogP contribution in [-0.2, 0) is 51.2 Å². The first-order valence-corrected chi connectivity index (χ1v) is 17.7. The van der Waals surface area contributed by atoms with Crippen molar-refractivity contribution in [1.29, 1.82) is 0 Å². The lowest BCUT2D eigenvalue weighted by Crippen LogP contribution is -2.62. The monoisotopic (exact) mass is 789 g/mol. The third-order valence-electron chi connectivity index (χ3n) is 8.65. The fourth-order valence-corrected chi connectivity index (χ4v) is 5.30. The number of aliphatic carboxylic acids is 2. The van der Waals surface area contributed by atoms with Crippen LogP contribution in [0.1, 0.15) is 51.8 Å². The van der Waals surface area contributed by atoms with E-state index in [-0.39, 0.29) is 19.3 Å². The molecule has 21 heteroatoms. The number of nitrogens with zero attached hydrogens (tertiary/aromatic N) is 1. The zero-order chi connectivity index (χ0) is 42.1. The third kappa shape index (κ3) is 14.7. The van der Waals surface area contributed by atoms with E-state index in [2.05, 4.69) is 36.6 Å². The number of imidazole rings is 1. The lowest BCUT2D eigenvalue weighted by molar-refractivity contribution is -0.146. The molecule has 2 rings (SSSR count). The number of amides is 6. The van der Waals surface area contributed by atoms with Gasteiger partial charge in [-0.05, 0) is 25.3 Å². The summed E-state index contributed by atoms with van der Waals surface area (Å²) in [5.74, 6) is -9.46. The first-order valence-electron chi connectivity index (χ1n) is 17.7. The molecule has 0 saturated carbocycles. The third-order valence-corrected chi connectivity index (χ3v) is 8.65. The van der Waals surface area contributed by atoms with E-state index in [4.69, 9.17) is 5.73 Å². The molecule has 2 aromatic rings. The van der Waals surface area contributed by atoms with Gasteiger partial charge in [0.05, 0.1) is 31.5 Å². The van der Waals surface area contributed by atoms with Crippen molar-refractivity contribution >= 4 is 47.4 Å². The van der Waals surface area contributed by atoms with E-state index in [9.17, 15) is 58.8 Å². The summed E-state index contributed by atoms with van der Waals surface area (Å²) in [6, 6.07) is -0.938. The van der Waals surface area contributed by atoms with Crippen molar-refractivity contribution in [2.24, 2.45) is 11.7 Å². The van der Waals surface area contributed by atoms with Gasteiger partial charge in [0.15, 0.2) is 6.04 Å². The second kappa shape index (κ2) is 22.4. The first-order chi connectivity index (χ1) is 26.4. The number of aromatic amines is 1. The summed E-state index contributed by atoms with van der Waals surface area (Å²) in [7, 11) is 0. The minimum absolute atomic E-state index is 0.124. The number of aliphatic hydroxyl groups excluding tert-OH is 2. The van der Waals surface area contributed by atoms with Gasteiger partial charge in [-0.2, -0.15) is 0 Å². The van der Waals surface area contributed by atoms with E-state index in [1.54, 1.807) is 44.2 Å². The van der Waals surface area contributed by atoms with E-state index in [0.29, 0.717) is 11.3 Å². The van der Waals surface area contributed by atoms with Crippen molar-refractivity contribution in [2.45, 2.75) is 102 Å². The molecule has 1 heterocycles. The van der Waals surface area contributed by atoms with Crippen LogP contribution < -0.4 is 37.6 Å². The number of carbonyl (C=O) groups excluding carboxylic acids is 6. The fourth-order valence-electron chi connectivity index (χ4n) is 5.30. The van der Waals surface area contributed by atoms with E-state index in [1.165, 1.54) is 19.4 Å². The average Bonchev–Trinajstić information content (AvgIpc) is 3.66. The van der Waals surface area contributed by atoms with Crippen molar-refractivity contribution in [3.8, 4) is 0 Å². The van der Waals surface area contributed by atoms with Crippen LogP contribution in [0.15, 0.2) is 42.9 Å². The van der Waals surface area contributed by atoms with Gasteiger partial charge in [0.25, 0.3) is 0 Å². The van der Waals surface area contributed by atoms with Crippen LogP contribution in [0.4, 0.5) is 0 Å². The summed E-state index contributed by atoms with van der Waals surface area (Å²) in [6.45, 7) is 5.13. The van der Waals surface area contributed by atoms with Crippen LogP contribution in [-0.4, -0.2) is 133 Å². The van der Waals surface area contributed by atoms with Crippen molar-refractivity contribution < 1.29 is 58.8 Å². The maximum atomic E-state index is 14.1. The Morgan fingerprint density at radius 3 is 1.73 bits per heavy atom. The molecule has 0 saturated heterocycles. The molecule has 13 N–H and O–H groups in total. The maximum Gasteiger partial charge on any atom is 0.328 e. The quantitative estimate of drug-likeness (QED) is 0.0519. The van der Waals surface area contributed by atoms with Crippen molar-refractivity contribution in [1.82, 2.24) is 41.9 Å². The van der Waals surface area contributed by atoms with Crippen LogP contribution in [0, 0.1) is 5.92 Å². The van der Waals surface area contributed by atoms with Gasteiger partial charge in [-0.1, -0.05) is 50.6 Å². The highest BCUT2D eigenvalue weighted by atomic mass is 16.4. The Bertz CT molecular complexity index is 1660. The van der Waals surface area contributed by atoms with Crippen LogP contribution >= 0.6 is 0 Å². The fraction of sp³-hybridized carbons (Fsp3) is 0.514. The number of rotatable bonds is 23. The predicted octanol–water partition coefficient (Wildman–Crippen LogP) is -3.57. The van der Waals surface area contributed by atoms with Gasteiger partial charge in [0.2, 0.25) is 35.4 Å². The van der Waals surface area contributed by atoms with Gasteiger partial charge in [0, 0.05) is 24.7 Å². The number of H-pyrrole nitrogens is 1. The Balaban J connectivity index is 2.45. The topological polar surface area (TPSA) is 344 Å². The van der Waals surface area contributed by atoms with Crippen molar-refractivity contribution in [2.75, 3.05) is 6.54 Å². The van der Waals surface area contributed by atoms with E-state index >= 15 is 0 Å². The molecule has 0 unspecified atom stereocenters. The molecule has 308 valence electrons. The molecule has 0 bridgehead atoms. The van der Waals surface area contributed by atoms with Gasteiger partial charge >= 0.3 is 11.9 Å². The first kappa shape index (κ1) is 46.2. The molecule has 0 aliphatic carbocycles. The highest BCUT2D eigenvalue weighted by Gasteiger charge is 2.36. The van der Waals surface area contributed by atoms with Gasteiger partial charge in [-0.3, -0.25) is 33.6 Å². The molecule has 21 nitrogen and oxygen atoms in total. The number of nitrogens with two attached hydrogens (primary N) is 1. The number of carboxylic acids is 2. The standard InChI is InChI=1S/C35H51N9O12/c1-5-17(2)27(33(53)41-24(13-26(48)49)32(52)44-29(19(4)46)35(55)56)43-31(51)22(11-20-9-7-6-8-10-20)39-30(50)23(12-21-15-37-16-38-21)40-34(54)28(18(3)45)42-25(47)14-36/h6-10,15-19,22-24,27-29,45-46H,5,11-14,36H2,1-4H3,(H,37,38)(H,39,50)(H,40,54)(H,41,53)(H,42,47)(H,43,51)(H,44,52)(H,48,49)(H,55,56)/t17-,18+,19+,22-,23-,24-,27-,28-,29-/m0/s1. The molecule has 0 spiro atoms. The normalized spacial score (nSPS) is 15.8. The summed E-state index contributed by atoms with van der Waals surface area (Å²) in [6.07, 6.45) is -1.26. The Labute approximate surface area is 322 Å². The molecule has 0 fully saturated rings. The Hall–Kier alpha value is -5.93. The molecule has 0 aliphatic heterocycles. The lowest BCUT2D eigenvalue weighted by atomic mass is 9.96. The number of aromatic nitrogens is 2. The minimum atomic E-state index is -1.83. The van der Waals surface area contributed by atoms with Crippen LogP contribution in [0.2, 0.25) is 0 Å². The summed E-state index contributed by atoms with van der Waals surface area (Å²) >= 11 is 0. The largest absolute Gasteiger partial charge is 0.481 e. The number of carboxylic acid groups (broad SMARTS) is 2. The highest BCUT2D eigenvalue weighted by Crippen LogP contribution is 2.12. The molecule has 1 aromatic heterocycles. The predicted molar refractivity (Wildman–Crippen MR) is 196 cm³/mol. The molecule has 9 atom stereocenters. The SMILES string of the molecule is CC[C@H](C)[C@H](NC(=O)[C@H](Cc1ccccc1)NC(=O)[C@H](Cc1cnc[nH]1)NC(=O)[C@@H](NC(=O)CN)[C@@H](C)O)C(=O)N[C@@H](CC(=O)O)C(=O)N[C@H](C(=O)O)[C@@H](C)O. The van der Waals surface area contributed by atoms with Crippen LogP contribution in [0.25, 0.3) is 0 Å². The summed E-state index contributed by atoms with van der Waals surface area (Å²) in [5.41, 5.74) is 6.32. The van der Waals surface area contributed by atoms with Gasteiger partial charge < -0.3 is 63.0 Å². The summed E-state index contributed by atoms with van der Waals surface area (Å²) in [4.78, 5) is 110. The van der Waals surface area contributed by atoms with Crippen LogP contribution in [0.5, 0.6) is 0 Å². The Morgan fingerprint density at radius 2 is 1.21 bits per heavy atom. The Kier molecular flexibility index (Phi) is 18.5. The van der Waals surface area contributed by atoms with Gasteiger partial charge in [-0.25, -0.2) is 9.78 Å². The molecule has 6 amide bonds. The number of carbonyl (C=O) groups is 8. The minimum Gasteiger partial charge on any atom is -0.481 e. The zero-order valence-electron chi connectivity index (χ0n) is 31.4. The molecule has 0 radical (unpaired) electrons. The Morgan fingerprint density at radius 1 is 0.696 bits per heavy atom. The summed E-state index contributed by atoms with van der Waals surface area (Å²) < 4.78 is 0. The van der Waals surface area contributed by atoms with Gasteiger partial charge in [-0.15, -0.1) is 0 Å². The zero-order valence-corrected chi connectivity index (χ0v) is 31.4. The number of nitrogens with one attached hydrogen (secondary N) is 7. The number of aliphatic hydroxyl groups is 2. The number of benzene rings is 1. The van der Waals surface area contributed by atoms with E-state index in [1.807, 2.05) is 5.32 Å². The lowest BCUT2D eigenvalue weighted by Gasteiger charge is -2.29. The molecular weight excluding hydrogens is 738 g/mol. The second-order valence-corrected chi connectivity index (χ2v) is 13.2. The second-order valence-electron chi connectivity index (χ2n) is 13.2. The summed E-state index contributed by atoms with van der Waals surface area (Å²) in [5, 5.41) is 53.0. The van der Waals surface area contributed by atoms with Crippen molar-refractivity contribution in [3.05, 3.63) is 54.1 Å². The highest BCUT2D eigenvalue weighted by molar-refractivity contribution is 5.98. The molecular formula is C35H51N9O12.